The molecule has 6 heteroatoms. The van der Waals surface area contributed by atoms with Gasteiger partial charge >= 0.3 is 0 Å². The van der Waals surface area contributed by atoms with Gasteiger partial charge in [-0.2, -0.15) is 0 Å². The molecule has 1 aromatic heterocycles. The minimum atomic E-state index is -0.320. The molecule has 0 saturated heterocycles. The molecule has 0 atom stereocenters. The predicted octanol–water partition coefficient (Wildman–Crippen LogP) is 4.33. The van der Waals surface area contributed by atoms with E-state index in [2.05, 4.69) is 10.2 Å². The number of amides is 1. The minimum Gasteiger partial charge on any atom is -0.286 e. The molecule has 2 aromatic carbocycles. The Bertz CT molecular complexity index is 851. The molecule has 0 saturated carbocycles. The molecular weight excluding hydrogens is 337 g/mol. The Morgan fingerprint density at radius 1 is 1.12 bits per heavy atom. The van der Waals surface area contributed by atoms with E-state index >= 15 is 0 Å². The molecular formula is C19H18FN3OS. The first-order valence-electron chi connectivity index (χ1n) is 8.11. The summed E-state index contributed by atoms with van der Waals surface area (Å²) in [7, 11) is 0. The van der Waals surface area contributed by atoms with Crippen LogP contribution in [0.15, 0.2) is 54.6 Å². The van der Waals surface area contributed by atoms with Crippen molar-refractivity contribution < 1.29 is 9.18 Å². The standard InChI is InChI=1S/C19H18FN3OS/c1-2-11-23(17(24)12-14-7-4-3-5-8-14)19-22-21-18(25-19)15-9-6-10-16(20)13-15/h3-10,13H,2,11-12H2,1H3. The van der Waals surface area contributed by atoms with Gasteiger partial charge in [0.15, 0.2) is 0 Å². The Morgan fingerprint density at radius 3 is 2.64 bits per heavy atom. The van der Waals surface area contributed by atoms with Crippen molar-refractivity contribution in [2.75, 3.05) is 11.4 Å². The Morgan fingerprint density at radius 2 is 1.92 bits per heavy atom. The van der Waals surface area contributed by atoms with E-state index in [9.17, 15) is 9.18 Å². The third-order valence-corrected chi connectivity index (χ3v) is 4.66. The van der Waals surface area contributed by atoms with Gasteiger partial charge in [-0.25, -0.2) is 4.39 Å². The highest BCUT2D eigenvalue weighted by Gasteiger charge is 2.20. The van der Waals surface area contributed by atoms with Gasteiger partial charge in [0.05, 0.1) is 6.42 Å². The number of halogens is 1. The Hall–Kier alpha value is -2.60. The lowest BCUT2D eigenvalue weighted by Gasteiger charge is -2.18. The molecule has 0 aliphatic rings. The zero-order valence-corrected chi connectivity index (χ0v) is 14.7. The molecule has 0 unspecified atom stereocenters. The smallest absolute Gasteiger partial charge is 0.233 e. The molecule has 0 fully saturated rings. The maximum absolute atomic E-state index is 13.4. The first kappa shape index (κ1) is 17.2. The molecule has 4 nitrogen and oxygen atoms in total. The number of benzene rings is 2. The molecule has 128 valence electrons. The van der Waals surface area contributed by atoms with E-state index in [1.54, 1.807) is 17.0 Å². The SMILES string of the molecule is CCCN(C(=O)Cc1ccccc1)c1nnc(-c2cccc(F)c2)s1. The second kappa shape index (κ2) is 7.98. The van der Waals surface area contributed by atoms with Crippen LogP contribution in [-0.4, -0.2) is 22.6 Å². The molecule has 0 bridgehead atoms. The number of anilines is 1. The fourth-order valence-electron chi connectivity index (χ4n) is 2.48. The molecule has 0 aliphatic carbocycles. The normalized spacial score (nSPS) is 10.6. The molecule has 1 amide bonds. The van der Waals surface area contributed by atoms with Gasteiger partial charge in [-0.1, -0.05) is 60.7 Å². The van der Waals surface area contributed by atoms with Crippen molar-refractivity contribution in [3.8, 4) is 10.6 Å². The highest BCUT2D eigenvalue weighted by molar-refractivity contribution is 7.18. The molecule has 0 radical (unpaired) electrons. The van der Waals surface area contributed by atoms with Gasteiger partial charge in [-0.15, -0.1) is 10.2 Å². The molecule has 0 aliphatic heterocycles. The molecule has 3 rings (SSSR count). The maximum atomic E-state index is 13.4. The highest BCUT2D eigenvalue weighted by Crippen LogP contribution is 2.29. The van der Waals surface area contributed by atoms with Crippen LogP contribution in [-0.2, 0) is 11.2 Å². The van der Waals surface area contributed by atoms with Crippen molar-refractivity contribution in [2.24, 2.45) is 0 Å². The van der Waals surface area contributed by atoms with E-state index in [0.717, 1.165) is 12.0 Å². The number of hydrogen-bond acceptors (Lipinski definition) is 4. The average molecular weight is 355 g/mol. The minimum absolute atomic E-state index is 0.0185. The summed E-state index contributed by atoms with van der Waals surface area (Å²) in [5.74, 6) is -0.338. The van der Waals surface area contributed by atoms with E-state index in [1.807, 2.05) is 37.3 Å². The summed E-state index contributed by atoms with van der Waals surface area (Å²) in [6.45, 7) is 2.58. The lowest BCUT2D eigenvalue weighted by molar-refractivity contribution is -0.118. The van der Waals surface area contributed by atoms with Crippen LogP contribution in [0, 0.1) is 5.82 Å². The van der Waals surface area contributed by atoms with E-state index in [1.165, 1.54) is 23.5 Å². The van der Waals surface area contributed by atoms with Crippen LogP contribution in [0.5, 0.6) is 0 Å². The second-order valence-corrected chi connectivity index (χ2v) is 6.56. The van der Waals surface area contributed by atoms with Crippen LogP contribution < -0.4 is 4.90 Å². The van der Waals surface area contributed by atoms with Gasteiger partial charge < -0.3 is 0 Å². The number of aromatic nitrogens is 2. The van der Waals surface area contributed by atoms with Gasteiger partial charge in [0.1, 0.15) is 10.8 Å². The molecule has 0 spiro atoms. The Balaban J connectivity index is 1.82. The van der Waals surface area contributed by atoms with Crippen LogP contribution in [0.2, 0.25) is 0 Å². The van der Waals surface area contributed by atoms with Crippen molar-refractivity contribution in [3.05, 3.63) is 66.0 Å². The van der Waals surface area contributed by atoms with Crippen molar-refractivity contribution in [1.29, 1.82) is 0 Å². The molecule has 0 N–H and O–H groups in total. The molecule has 3 aromatic rings. The Labute approximate surface area is 150 Å². The van der Waals surface area contributed by atoms with Crippen LogP contribution in [0.25, 0.3) is 10.6 Å². The number of nitrogens with zero attached hydrogens (tertiary/aromatic N) is 3. The predicted molar refractivity (Wildman–Crippen MR) is 98.1 cm³/mol. The van der Waals surface area contributed by atoms with E-state index in [0.29, 0.717) is 28.7 Å². The topological polar surface area (TPSA) is 46.1 Å². The van der Waals surface area contributed by atoms with Crippen LogP contribution in [0.1, 0.15) is 18.9 Å². The monoisotopic (exact) mass is 355 g/mol. The first-order chi connectivity index (χ1) is 12.2. The fraction of sp³-hybridized carbons (Fsp3) is 0.211. The second-order valence-electron chi connectivity index (χ2n) is 5.61. The summed E-state index contributed by atoms with van der Waals surface area (Å²) in [5.41, 5.74) is 1.62. The zero-order chi connectivity index (χ0) is 17.6. The summed E-state index contributed by atoms with van der Waals surface area (Å²) < 4.78 is 13.4. The van der Waals surface area contributed by atoms with Gasteiger partial charge in [-0.05, 0) is 24.1 Å². The maximum Gasteiger partial charge on any atom is 0.233 e. The lowest BCUT2D eigenvalue weighted by Crippen LogP contribution is -2.32. The first-order valence-corrected chi connectivity index (χ1v) is 8.92. The third-order valence-electron chi connectivity index (χ3n) is 3.66. The van der Waals surface area contributed by atoms with Crippen molar-refractivity contribution >= 4 is 22.4 Å². The summed E-state index contributed by atoms with van der Waals surface area (Å²) in [6.07, 6.45) is 1.13. The van der Waals surface area contributed by atoms with Crippen LogP contribution in [0.3, 0.4) is 0 Å². The molecule has 1 heterocycles. The Kier molecular flexibility index (Phi) is 5.50. The lowest BCUT2D eigenvalue weighted by atomic mass is 10.1. The van der Waals surface area contributed by atoms with Crippen LogP contribution in [0.4, 0.5) is 9.52 Å². The number of rotatable bonds is 6. The van der Waals surface area contributed by atoms with Gasteiger partial charge in [0.2, 0.25) is 11.0 Å². The number of carbonyl (C=O) groups is 1. The van der Waals surface area contributed by atoms with Crippen molar-refractivity contribution in [2.45, 2.75) is 19.8 Å². The van der Waals surface area contributed by atoms with Gasteiger partial charge in [-0.3, -0.25) is 9.69 Å². The fourth-order valence-corrected chi connectivity index (χ4v) is 3.36. The summed E-state index contributed by atoms with van der Waals surface area (Å²) in [5, 5.41) is 9.43. The zero-order valence-electron chi connectivity index (χ0n) is 13.9. The molecule has 25 heavy (non-hydrogen) atoms. The number of carbonyl (C=O) groups excluding carboxylic acids is 1. The van der Waals surface area contributed by atoms with Crippen LogP contribution >= 0.6 is 11.3 Å². The van der Waals surface area contributed by atoms with E-state index in [-0.39, 0.29) is 11.7 Å². The van der Waals surface area contributed by atoms with Crippen molar-refractivity contribution in [3.63, 3.8) is 0 Å². The number of hydrogen-bond donors (Lipinski definition) is 0. The van der Waals surface area contributed by atoms with Crippen molar-refractivity contribution in [1.82, 2.24) is 10.2 Å². The largest absolute Gasteiger partial charge is 0.286 e. The summed E-state index contributed by atoms with van der Waals surface area (Å²) in [4.78, 5) is 14.4. The summed E-state index contributed by atoms with van der Waals surface area (Å²) in [6, 6.07) is 15.8. The van der Waals surface area contributed by atoms with E-state index < -0.39 is 0 Å². The quantitative estimate of drug-likeness (QED) is 0.661. The van der Waals surface area contributed by atoms with E-state index in [4.69, 9.17) is 0 Å². The third kappa shape index (κ3) is 4.28. The average Bonchev–Trinajstić information content (AvgIpc) is 3.10. The van der Waals surface area contributed by atoms with Gasteiger partial charge in [0.25, 0.3) is 0 Å². The summed E-state index contributed by atoms with van der Waals surface area (Å²) >= 11 is 1.30. The highest BCUT2D eigenvalue weighted by atomic mass is 32.1. The van der Waals surface area contributed by atoms with Gasteiger partial charge in [0, 0.05) is 12.1 Å².